The van der Waals surface area contributed by atoms with Gasteiger partial charge in [-0.05, 0) is 56.2 Å². The van der Waals surface area contributed by atoms with Gasteiger partial charge in [-0.25, -0.2) is 4.79 Å². The van der Waals surface area contributed by atoms with Gasteiger partial charge in [0, 0.05) is 5.69 Å². The van der Waals surface area contributed by atoms with Crippen LogP contribution in [-0.4, -0.2) is 11.7 Å². The van der Waals surface area contributed by atoms with Gasteiger partial charge in [-0.15, -0.1) is 0 Å². The van der Waals surface area contributed by atoms with Crippen LogP contribution in [0.3, 0.4) is 0 Å². The molecule has 0 atom stereocenters. The maximum atomic E-state index is 11.9. The largest absolute Gasteiger partial charge is 0.444 e. The number of ether oxygens (including phenoxy) is 1. The van der Waals surface area contributed by atoms with Crippen molar-refractivity contribution in [3.63, 3.8) is 0 Å². The highest BCUT2D eigenvalue weighted by Crippen LogP contribution is 2.28. The Morgan fingerprint density at radius 2 is 1.59 bits per heavy atom. The number of hydrogen-bond acceptors (Lipinski definition) is 4. The fourth-order valence-corrected chi connectivity index (χ4v) is 1.93. The maximum Gasteiger partial charge on any atom is 0.412 e. The third kappa shape index (κ3) is 4.15. The van der Waals surface area contributed by atoms with Crippen molar-refractivity contribution >= 4 is 23.2 Å². The van der Waals surface area contributed by atoms with Crippen molar-refractivity contribution in [2.45, 2.75) is 26.4 Å². The van der Waals surface area contributed by atoms with Gasteiger partial charge in [-0.2, -0.15) is 0 Å². The Morgan fingerprint density at radius 1 is 1.00 bits per heavy atom. The average molecular weight is 299 g/mol. The average Bonchev–Trinajstić information content (AvgIpc) is 2.40. The van der Waals surface area contributed by atoms with Crippen LogP contribution >= 0.6 is 0 Å². The van der Waals surface area contributed by atoms with E-state index in [1.807, 2.05) is 36.4 Å². The van der Waals surface area contributed by atoms with Crippen molar-refractivity contribution in [3.8, 4) is 11.1 Å². The first kappa shape index (κ1) is 15.7. The SMILES string of the molecule is CC(C)(C)OC(=O)Nc1cc(-c2ccc(N)cc2)ccc1N. The van der Waals surface area contributed by atoms with Gasteiger partial charge in [-0.1, -0.05) is 18.2 Å². The molecule has 0 aliphatic heterocycles. The molecular weight excluding hydrogens is 278 g/mol. The Bertz CT molecular complexity index is 673. The fourth-order valence-electron chi connectivity index (χ4n) is 1.93. The van der Waals surface area contributed by atoms with Crippen LogP contribution in [0.15, 0.2) is 42.5 Å². The first-order valence-corrected chi connectivity index (χ1v) is 7.00. The monoisotopic (exact) mass is 299 g/mol. The summed E-state index contributed by atoms with van der Waals surface area (Å²) in [6.07, 6.45) is -0.534. The van der Waals surface area contributed by atoms with E-state index in [0.717, 1.165) is 11.1 Å². The molecule has 0 aliphatic rings. The van der Waals surface area contributed by atoms with Gasteiger partial charge in [0.05, 0.1) is 11.4 Å². The molecule has 0 saturated heterocycles. The molecule has 2 rings (SSSR count). The van der Waals surface area contributed by atoms with E-state index >= 15 is 0 Å². The Labute approximate surface area is 130 Å². The van der Waals surface area contributed by atoms with Crippen molar-refractivity contribution in [2.75, 3.05) is 16.8 Å². The van der Waals surface area contributed by atoms with E-state index < -0.39 is 11.7 Å². The summed E-state index contributed by atoms with van der Waals surface area (Å²) in [6, 6.07) is 12.9. The van der Waals surface area contributed by atoms with E-state index in [9.17, 15) is 4.79 Å². The minimum atomic E-state index is -0.562. The second kappa shape index (κ2) is 5.97. The molecule has 0 aromatic heterocycles. The number of nitrogens with one attached hydrogen (secondary N) is 1. The van der Waals surface area contributed by atoms with Gasteiger partial charge in [0.15, 0.2) is 0 Å². The minimum Gasteiger partial charge on any atom is -0.444 e. The van der Waals surface area contributed by atoms with Crippen LogP contribution in [0.25, 0.3) is 11.1 Å². The van der Waals surface area contributed by atoms with E-state index in [0.29, 0.717) is 17.1 Å². The Morgan fingerprint density at radius 3 is 2.18 bits per heavy atom. The van der Waals surface area contributed by atoms with Crippen LogP contribution in [0, 0.1) is 0 Å². The normalized spacial score (nSPS) is 11.0. The van der Waals surface area contributed by atoms with Gasteiger partial charge in [-0.3, -0.25) is 5.32 Å². The summed E-state index contributed by atoms with van der Waals surface area (Å²) in [5.74, 6) is 0. The van der Waals surface area contributed by atoms with Crippen molar-refractivity contribution in [1.82, 2.24) is 0 Å². The number of carbonyl (C=O) groups is 1. The lowest BCUT2D eigenvalue weighted by Gasteiger charge is -2.20. The summed E-state index contributed by atoms with van der Waals surface area (Å²) in [5.41, 5.74) is 14.7. The number of nitrogen functional groups attached to an aromatic ring is 2. The highest BCUT2D eigenvalue weighted by atomic mass is 16.6. The number of rotatable bonds is 2. The number of carbonyl (C=O) groups excluding carboxylic acids is 1. The molecule has 0 spiro atoms. The minimum absolute atomic E-state index is 0.477. The first-order chi connectivity index (χ1) is 10.2. The molecule has 116 valence electrons. The smallest absolute Gasteiger partial charge is 0.412 e. The molecular formula is C17H21N3O2. The zero-order chi connectivity index (χ0) is 16.3. The van der Waals surface area contributed by atoms with Crippen molar-refractivity contribution in [1.29, 1.82) is 0 Å². The van der Waals surface area contributed by atoms with Crippen molar-refractivity contribution < 1.29 is 9.53 Å². The predicted molar refractivity (Wildman–Crippen MR) is 90.6 cm³/mol. The fraction of sp³-hybridized carbons (Fsp3) is 0.235. The zero-order valence-corrected chi connectivity index (χ0v) is 13.0. The molecule has 1 amide bonds. The van der Waals surface area contributed by atoms with E-state index in [1.54, 1.807) is 26.8 Å². The van der Waals surface area contributed by atoms with E-state index in [1.165, 1.54) is 0 Å². The summed E-state index contributed by atoms with van der Waals surface area (Å²) >= 11 is 0. The van der Waals surface area contributed by atoms with Gasteiger partial charge in [0.25, 0.3) is 0 Å². The summed E-state index contributed by atoms with van der Waals surface area (Å²) < 4.78 is 5.24. The lowest BCUT2D eigenvalue weighted by molar-refractivity contribution is 0.0636. The summed E-state index contributed by atoms with van der Waals surface area (Å²) in [4.78, 5) is 11.9. The lowest BCUT2D eigenvalue weighted by Crippen LogP contribution is -2.27. The van der Waals surface area contributed by atoms with Gasteiger partial charge < -0.3 is 16.2 Å². The molecule has 2 aromatic rings. The van der Waals surface area contributed by atoms with Crippen molar-refractivity contribution in [2.24, 2.45) is 0 Å². The predicted octanol–water partition coefficient (Wildman–Crippen LogP) is 3.87. The van der Waals surface area contributed by atoms with Crippen LogP contribution in [0.5, 0.6) is 0 Å². The van der Waals surface area contributed by atoms with Gasteiger partial charge >= 0.3 is 6.09 Å². The molecule has 0 unspecified atom stereocenters. The number of amides is 1. The molecule has 0 bridgehead atoms. The van der Waals surface area contributed by atoms with Gasteiger partial charge in [0.1, 0.15) is 5.60 Å². The topological polar surface area (TPSA) is 90.4 Å². The molecule has 0 aliphatic carbocycles. The van der Waals surface area contributed by atoms with Crippen molar-refractivity contribution in [3.05, 3.63) is 42.5 Å². The molecule has 0 fully saturated rings. The second-order valence-corrected chi connectivity index (χ2v) is 6.05. The van der Waals surface area contributed by atoms with Crippen LogP contribution < -0.4 is 16.8 Å². The van der Waals surface area contributed by atoms with E-state index in [-0.39, 0.29) is 0 Å². The third-order valence-electron chi connectivity index (χ3n) is 2.93. The molecule has 0 heterocycles. The van der Waals surface area contributed by atoms with E-state index in [4.69, 9.17) is 16.2 Å². The number of anilines is 3. The summed E-state index contributed by atoms with van der Waals surface area (Å²) in [6.45, 7) is 5.42. The third-order valence-corrected chi connectivity index (χ3v) is 2.93. The standard InChI is InChI=1S/C17H21N3O2/c1-17(2,3)22-16(21)20-15-10-12(6-9-14(15)19)11-4-7-13(18)8-5-11/h4-10H,18-19H2,1-3H3,(H,20,21). The van der Waals surface area contributed by atoms with Gasteiger partial charge in [0.2, 0.25) is 0 Å². The molecule has 5 heteroatoms. The zero-order valence-electron chi connectivity index (χ0n) is 13.0. The summed E-state index contributed by atoms with van der Waals surface area (Å²) in [7, 11) is 0. The lowest BCUT2D eigenvalue weighted by atomic mass is 10.0. The number of hydrogen-bond donors (Lipinski definition) is 3. The molecule has 0 radical (unpaired) electrons. The second-order valence-electron chi connectivity index (χ2n) is 6.05. The molecule has 0 saturated carbocycles. The van der Waals surface area contributed by atoms with Crippen LogP contribution in [0.4, 0.5) is 21.9 Å². The highest BCUT2D eigenvalue weighted by molar-refractivity contribution is 5.91. The maximum absolute atomic E-state index is 11.9. The Kier molecular flexibility index (Phi) is 4.26. The number of nitrogens with two attached hydrogens (primary N) is 2. The number of benzene rings is 2. The molecule has 22 heavy (non-hydrogen) atoms. The van der Waals surface area contributed by atoms with E-state index in [2.05, 4.69) is 5.32 Å². The Balaban J connectivity index is 2.23. The quantitative estimate of drug-likeness (QED) is 0.734. The highest BCUT2D eigenvalue weighted by Gasteiger charge is 2.17. The van der Waals surface area contributed by atoms with Crippen LogP contribution in [-0.2, 0) is 4.74 Å². The molecule has 5 N–H and O–H groups in total. The molecule has 2 aromatic carbocycles. The summed E-state index contributed by atoms with van der Waals surface area (Å²) in [5, 5.41) is 2.68. The van der Waals surface area contributed by atoms with Crippen LogP contribution in [0.2, 0.25) is 0 Å². The van der Waals surface area contributed by atoms with Crippen LogP contribution in [0.1, 0.15) is 20.8 Å². The Hall–Kier alpha value is -2.69. The first-order valence-electron chi connectivity index (χ1n) is 7.00. The molecule has 5 nitrogen and oxygen atoms in total.